The van der Waals surface area contributed by atoms with Crippen molar-refractivity contribution >= 4 is 33.3 Å². The van der Waals surface area contributed by atoms with Gasteiger partial charge in [0.05, 0.1) is 15.6 Å². The van der Waals surface area contributed by atoms with Gasteiger partial charge in [0.15, 0.2) is 0 Å². The molecule has 0 aromatic heterocycles. The summed E-state index contributed by atoms with van der Waals surface area (Å²) in [5.41, 5.74) is 0.241. The molecule has 8 heteroatoms. The first-order chi connectivity index (χ1) is 8.88. The molecule has 6 nitrogen and oxygen atoms in total. The van der Waals surface area contributed by atoms with E-state index in [4.69, 9.17) is 16.7 Å². The van der Waals surface area contributed by atoms with Crippen molar-refractivity contribution in [2.75, 3.05) is 18.4 Å². The lowest BCUT2D eigenvalue weighted by Gasteiger charge is -2.17. The van der Waals surface area contributed by atoms with Crippen molar-refractivity contribution < 1.29 is 13.2 Å². The molecular weight excluding hydrogens is 290 g/mol. The average molecular weight is 304 g/mol. The third kappa shape index (κ3) is 3.37. The Morgan fingerprint density at radius 1 is 1.32 bits per heavy atom. The van der Waals surface area contributed by atoms with Crippen LogP contribution in [0.4, 0.5) is 10.5 Å². The van der Waals surface area contributed by atoms with Crippen LogP contribution in [0.5, 0.6) is 0 Å². The van der Waals surface area contributed by atoms with Crippen molar-refractivity contribution in [1.29, 1.82) is 0 Å². The fourth-order valence-corrected chi connectivity index (χ4v) is 2.60. The minimum absolute atomic E-state index is 0.0892. The molecular formula is C11H14ClN3O3S. The molecule has 2 amide bonds. The van der Waals surface area contributed by atoms with Crippen LogP contribution in [0.25, 0.3) is 0 Å². The third-order valence-corrected chi connectivity index (χ3v) is 4.14. The first-order valence-electron chi connectivity index (χ1n) is 5.76. The maximum atomic E-state index is 11.9. The van der Waals surface area contributed by atoms with Crippen molar-refractivity contribution in [3.8, 4) is 0 Å². The van der Waals surface area contributed by atoms with E-state index in [0.29, 0.717) is 13.1 Å². The summed E-state index contributed by atoms with van der Waals surface area (Å²) in [6.45, 7) is 1.39. The number of hydrogen-bond donors (Lipinski definition) is 2. The topological polar surface area (TPSA) is 92.5 Å². The van der Waals surface area contributed by atoms with Crippen molar-refractivity contribution in [3.63, 3.8) is 0 Å². The molecule has 104 valence electrons. The number of halogens is 1. The molecule has 3 N–H and O–H groups in total. The van der Waals surface area contributed by atoms with E-state index in [1.165, 1.54) is 18.2 Å². The molecule has 0 aliphatic carbocycles. The van der Waals surface area contributed by atoms with Crippen molar-refractivity contribution in [1.82, 2.24) is 4.90 Å². The summed E-state index contributed by atoms with van der Waals surface area (Å²) in [6.07, 6.45) is 1.94. The number of primary sulfonamides is 1. The highest BCUT2D eigenvalue weighted by Gasteiger charge is 2.19. The Hall–Kier alpha value is -1.31. The number of likely N-dealkylation sites (tertiary alicyclic amines) is 1. The fourth-order valence-electron chi connectivity index (χ4n) is 1.89. The van der Waals surface area contributed by atoms with E-state index < -0.39 is 10.0 Å². The molecule has 0 unspecified atom stereocenters. The van der Waals surface area contributed by atoms with Gasteiger partial charge < -0.3 is 10.2 Å². The minimum Gasteiger partial charge on any atom is -0.325 e. The lowest BCUT2D eigenvalue weighted by atomic mass is 10.3. The molecule has 1 fully saturated rings. The Morgan fingerprint density at radius 2 is 1.95 bits per heavy atom. The second-order valence-electron chi connectivity index (χ2n) is 4.31. The number of hydrogen-bond acceptors (Lipinski definition) is 3. The number of sulfonamides is 1. The molecule has 0 atom stereocenters. The number of urea groups is 1. The van der Waals surface area contributed by atoms with E-state index in [-0.39, 0.29) is 21.6 Å². The molecule has 1 aromatic carbocycles. The number of nitrogens with one attached hydrogen (secondary N) is 1. The lowest BCUT2D eigenvalue weighted by molar-refractivity contribution is 0.222. The third-order valence-electron chi connectivity index (χ3n) is 2.90. The van der Waals surface area contributed by atoms with Crippen LogP contribution >= 0.6 is 11.6 Å². The summed E-state index contributed by atoms with van der Waals surface area (Å²) >= 11 is 5.93. The van der Waals surface area contributed by atoms with Crippen LogP contribution in [-0.4, -0.2) is 32.4 Å². The number of carbonyl (C=O) groups excluding carboxylic acids is 1. The van der Waals surface area contributed by atoms with E-state index in [1.807, 2.05) is 0 Å². The highest BCUT2D eigenvalue weighted by molar-refractivity contribution is 7.89. The molecule has 0 spiro atoms. The zero-order valence-corrected chi connectivity index (χ0v) is 11.7. The summed E-state index contributed by atoms with van der Waals surface area (Å²) in [7, 11) is -3.82. The average Bonchev–Trinajstić information content (AvgIpc) is 2.84. The van der Waals surface area contributed by atoms with Crippen LogP contribution < -0.4 is 10.5 Å². The highest BCUT2D eigenvalue weighted by atomic mass is 35.5. The molecule has 1 aliphatic rings. The number of carbonyl (C=O) groups is 1. The minimum atomic E-state index is -3.82. The summed E-state index contributed by atoms with van der Waals surface area (Å²) in [5.74, 6) is 0. The molecule has 1 heterocycles. The molecule has 1 aliphatic heterocycles. The Balaban J connectivity index is 2.22. The van der Waals surface area contributed by atoms with Gasteiger partial charge in [0.1, 0.15) is 0 Å². The zero-order valence-electron chi connectivity index (χ0n) is 10.1. The van der Waals surface area contributed by atoms with Gasteiger partial charge in [-0.3, -0.25) is 0 Å². The van der Waals surface area contributed by atoms with Gasteiger partial charge >= 0.3 is 6.03 Å². The van der Waals surface area contributed by atoms with Crippen molar-refractivity contribution in [2.24, 2.45) is 5.14 Å². The van der Waals surface area contributed by atoms with Gasteiger partial charge in [-0.1, -0.05) is 11.6 Å². The molecule has 0 saturated carbocycles. The van der Waals surface area contributed by atoms with Crippen LogP contribution in [0.15, 0.2) is 23.1 Å². The molecule has 2 rings (SSSR count). The van der Waals surface area contributed by atoms with Gasteiger partial charge in [-0.2, -0.15) is 0 Å². The second-order valence-corrected chi connectivity index (χ2v) is 6.28. The van der Waals surface area contributed by atoms with Gasteiger partial charge in [-0.25, -0.2) is 18.4 Å². The number of benzene rings is 1. The predicted octanol–water partition coefficient (Wildman–Crippen LogP) is 1.62. The molecule has 19 heavy (non-hydrogen) atoms. The first kappa shape index (κ1) is 14.1. The SMILES string of the molecule is NS(=O)(=O)c1ccc(Cl)c(NC(=O)N2CCCC2)c1. The summed E-state index contributed by atoms with van der Waals surface area (Å²) in [6, 6.07) is 3.65. The van der Waals surface area contributed by atoms with Crippen LogP contribution in [0.1, 0.15) is 12.8 Å². The first-order valence-corrected chi connectivity index (χ1v) is 7.68. The van der Waals surface area contributed by atoms with Gasteiger partial charge in [-0.05, 0) is 31.0 Å². The highest BCUT2D eigenvalue weighted by Crippen LogP contribution is 2.25. The molecule has 1 aromatic rings. The Labute approximate surface area is 116 Å². The van der Waals surface area contributed by atoms with Crippen LogP contribution in [0, 0.1) is 0 Å². The molecule has 1 saturated heterocycles. The van der Waals surface area contributed by atoms with Crippen molar-refractivity contribution in [3.05, 3.63) is 23.2 Å². The van der Waals surface area contributed by atoms with Crippen LogP contribution in [0.2, 0.25) is 5.02 Å². The predicted molar refractivity (Wildman–Crippen MR) is 72.7 cm³/mol. The Morgan fingerprint density at radius 3 is 2.53 bits per heavy atom. The number of anilines is 1. The number of nitrogens with zero attached hydrogens (tertiary/aromatic N) is 1. The summed E-state index contributed by atoms with van der Waals surface area (Å²) < 4.78 is 22.5. The van der Waals surface area contributed by atoms with Crippen LogP contribution in [0.3, 0.4) is 0 Å². The van der Waals surface area contributed by atoms with Crippen molar-refractivity contribution in [2.45, 2.75) is 17.7 Å². The standard InChI is InChI=1S/C11H14ClN3O3S/c12-9-4-3-8(19(13,17)18)7-10(9)14-11(16)15-5-1-2-6-15/h3-4,7H,1-2,5-6H2,(H,14,16)(H2,13,17,18). The summed E-state index contributed by atoms with van der Waals surface area (Å²) in [4.78, 5) is 13.5. The zero-order chi connectivity index (χ0) is 14.0. The van der Waals surface area contributed by atoms with E-state index >= 15 is 0 Å². The van der Waals surface area contributed by atoms with E-state index in [2.05, 4.69) is 5.32 Å². The van der Waals surface area contributed by atoms with Gasteiger partial charge in [0, 0.05) is 13.1 Å². The number of rotatable bonds is 2. The van der Waals surface area contributed by atoms with Gasteiger partial charge in [0.2, 0.25) is 10.0 Å². The smallest absolute Gasteiger partial charge is 0.321 e. The second kappa shape index (κ2) is 5.36. The molecule has 0 radical (unpaired) electrons. The quantitative estimate of drug-likeness (QED) is 0.869. The summed E-state index contributed by atoms with van der Waals surface area (Å²) in [5, 5.41) is 7.90. The van der Waals surface area contributed by atoms with E-state index in [0.717, 1.165) is 12.8 Å². The fraction of sp³-hybridized carbons (Fsp3) is 0.364. The van der Waals surface area contributed by atoms with E-state index in [9.17, 15) is 13.2 Å². The maximum absolute atomic E-state index is 11.9. The Kier molecular flexibility index (Phi) is 3.98. The number of nitrogens with two attached hydrogens (primary N) is 1. The number of amides is 2. The largest absolute Gasteiger partial charge is 0.325 e. The van der Waals surface area contributed by atoms with E-state index in [1.54, 1.807) is 4.90 Å². The van der Waals surface area contributed by atoms with Gasteiger partial charge in [-0.15, -0.1) is 0 Å². The maximum Gasteiger partial charge on any atom is 0.321 e. The monoisotopic (exact) mass is 303 g/mol. The van der Waals surface area contributed by atoms with Crippen LogP contribution in [-0.2, 0) is 10.0 Å². The Bertz CT molecular complexity index is 597. The normalized spacial score (nSPS) is 15.6. The lowest BCUT2D eigenvalue weighted by Crippen LogP contribution is -2.32. The van der Waals surface area contributed by atoms with Gasteiger partial charge in [0.25, 0.3) is 0 Å². The molecule has 0 bridgehead atoms.